The molecule has 0 spiro atoms. The maximum absolute atomic E-state index is 9.36. The number of benzene rings is 2. The fourth-order valence-corrected chi connectivity index (χ4v) is 2.79. The van der Waals surface area contributed by atoms with Crippen molar-refractivity contribution in [1.29, 1.82) is 5.26 Å². The summed E-state index contributed by atoms with van der Waals surface area (Å²) in [7, 11) is 0. The molecule has 0 aliphatic rings. The normalized spacial score (nSPS) is 10.3. The van der Waals surface area contributed by atoms with Gasteiger partial charge in [0.15, 0.2) is 0 Å². The van der Waals surface area contributed by atoms with Gasteiger partial charge in [0, 0.05) is 10.3 Å². The first-order valence-electron chi connectivity index (χ1n) is 6.51. The number of hydrogen-bond acceptors (Lipinski definition) is 4. The van der Waals surface area contributed by atoms with Crippen LogP contribution in [0.25, 0.3) is 10.9 Å². The van der Waals surface area contributed by atoms with Gasteiger partial charge in [-0.15, -0.1) is 11.8 Å². The number of pyridine rings is 1. The SMILES string of the molecule is CSc1cccc(Nc2cnc3ccccc3c2)c1C#N. The van der Waals surface area contributed by atoms with Crippen LogP contribution in [-0.4, -0.2) is 11.2 Å². The molecule has 3 aromatic rings. The summed E-state index contributed by atoms with van der Waals surface area (Å²) in [4.78, 5) is 5.39. The quantitative estimate of drug-likeness (QED) is 0.718. The highest BCUT2D eigenvalue weighted by Crippen LogP contribution is 2.29. The van der Waals surface area contributed by atoms with E-state index in [4.69, 9.17) is 0 Å². The molecule has 0 amide bonds. The first-order valence-corrected chi connectivity index (χ1v) is 7.73. The molecule has 1 heterocycles. The van der Waals surface area contributed by atoms with Gasteiger partial charge in [-0.05, 0) is 30.5 Å². The molecule has 0 unspecified atom stereocenters. The van der Waals surface area contributed by atoms with Crippen LogP contribution < -0.4 is 5.32 Å². The number of nitrogens with zero attached hydrogens (tertiary/aromatic N) is 2. The molecule has 3 nitrogen and oxygen atoms in total. The minimum absolute atomic E-state index is 0.665. The van der Waals surface area contributed by atoms with Crippen molar-refractivity contribution < 1.29 is 0 Å². The predicted octanol–water partition coefficient (Wildman–Crippen LogP) is 4.57. The Morgan fingerprint density at radius 3 is 2.81 bits per heavy atom. The van der Waals surface area contributed by atoms with Crippen LogP contribution in [0.1, 0.15) is 5.56 Å². The van der Waals surface area contributed by atoms with Crippen LogP contribution in [-0.2, 0) is 0 Å². The average molecular weight is 291 g/mol. The van der Waals surface area contributed by atoms with Gasteiger partial charge in [-0.3, -0.25) is 4.98 Å². The molecule has 0 aliphatic carbocycles. The molecule has 0 aliphatic heterocycles. The first-order chi connectivity index (χ1) is 10.3. The number of aromatic nitrogens is 1. The number of fused-ring (bicyclic) bond motifs is 1. The number of thioether (sulfide) groups is 1. The molecule has 21 heavy (non-hydrogen) atoms. The topological polar surface area (TPSA) is 48.7 Å². The number of para-hydroxylation sites is 1. The van der Waals surface area contributed by atoms with Crippen LogP contribution in [0.15, 0.2) is 59.6 Å². The summed E-state index contributed by atoms with van der Waals surface area (Å²) in [5.74, 6) is 0. The van der Waals surface area contributed by atoms with Crippen molar-refractivity contribution in [2.75, 3.05) is 11.6 Å². The number of nitrogens with one attached hydrogen (secondary N) is 1. The molecule has 2 aromatic carbocycles. The van der Waals surface area contributed by atoms with Crippen LogP contribution in [0.5, 0.6) is 0 Å². The van der Waals surface area contributed by atoms with Crippen molar-refractivity contribution >= 4 is 34.0 Å². The van der Waals surface area contributed by atoms with E-state index in [0.29, 0.717) is 5.56 Å². The lowest BCUT2D eigenvalue weighted by Gasteiger charge is -2.11. The Morgan fingerprint density at radius 2 is 2.00 bits per heavy atom. The third kappa shape index (κ3) is 2.69. The van der Waals surface area contributed by atoms with Gasteiger partial charge in [-0.2, -0.15) is 5.26 Å². The minimum Gasteiger partial charge on any atom is -0.353 e. The van der Waals surface area contributed by atoms with Gasteiger partial charge < -0.3 is 5.32 Å². The molecule has 4 heteroatoms. The summed E-state index contributed by atoms with van der Waals surface area (Å²) in [6, 6.07) is 18.1. The van der Waals surface area contributed by atoms with Crippen LogP contribution in [0, 0.1) is 11.3 Å². The van der Waals surface area contributed by atoms with Crippen LogP contribution in [0.2, 0.25) is 0 Å². The van der Waals surface area contributed by atoms with Crippen molar-refractivity contribution in [3.05, 3.63) is 60.3 Å². The molecule has 0 radical (unpaired) electrons. The fourth-order valence-electron chi connectivity index (χ4n) is 2.22. The summed E-state index contributed by atoms with van der Waals surface area (Å²) in [5, 5.41) is 13.7. The summed E-state index contributed by atoms with van der Waals surface area (Å²) in [6.07, 6.45) is 3.76. The molecule has 0 fully saturated rings. The number of hydrogen-bond donors (Lipinski definition) is 1. The third-order valence-electron chi connectivity index (χ3n) is 3.23. The average Bonchev–Trinajstić information content (AvgIpc) is 2.54. The lowest BCUT2D eigenvalue weighted by atomic mass is 10.1. The van der Waals surface area contributed by atoms with Crippen LogP contribution in [0.3, 0.4) is 0 Å². The summed E-state index contributed by atoms with van der Waals surface area (Å²) in [6.45, 7) is 0. The second-order valence-electron chi connectivity index (χ2n) is 4.54. The van der Waals surface area contributed by atoms with Crippen molar-refractivity contribution in [1.82, 2.24) is 4.98 Å². The maximum atomic E-state index is 9.36. The van der Waals surface area contributed by atoms with Crippen molar-refractivity contribution in [2.45, 2.75) is 4.90 Å². The second-order valence-corrected chi connectivity index (χ2v) is 5.38. The first kappa shape index (κ1) is 13.5. The third-order valence-corrected chi connectivity index (χ3v) is 4.01. The van der Waals surface area contributed by atoms with Crippen molar-refractivity contribution in [3.8, 4) is 6.07 Å². The van der Waals surface area contributed by atoms with Gasteiger partial charge in [0.2, 0.25) is 0 Å². The van der Waals surface area contributed by atoms with Gasteiger partial charge in [0.1, 0.15) is 6.07 Å². The molecule has 1 aromatic heterocycles. The zero-order valence-electron chi connectivity index (χ0n) is 11.5. The highest BCUT2D eigenvalue weighted by molar-refractivity contribution is 7.98. The van der Waals surface area contributed by atoms with E-state index in [1.54, 1.807) is 18.0 Å². The second kappa shape index (κ2) is 5.86. The monoisotopic (exact) mass is 291 g/mol. The fraction of sp³-hybridized carbons (Fsp3) is 0.0588. The van der Waals surface area contributed by atoms with E-state index < -0.39 is 0 Å². The smallest absolute Gasteiger partial charge is 0.103 e. The van der Waals surface area contributed by atoms with E-state index in [9.17, 15) is 5.26 Å². The van der Waals surface area contributed by atoms with E-state index in [1.807, 2.05) is 54.8 Å². The molecule has 0 atom stereocenters. The van der Waals surface area contributed by atoms with Gasteiger partial charge in [0.25, 0.3) is 0 Å². The Hall–Kier alpha value is -2.51. The predicted molar refractivity (Wildman–Crippen MR) is 88.0 cm³/mol. The maximum Gasteiger partial charge on any atom is 0.103 e. The summed E-state index contributed by atoms with van der Waals surface area (Å²) in [5.41, 5.74) is 3.31. The van der Waals surface area contributed by atoms with Gasteiger partial charge in [-0.1, -0.05) is 24.3 Å². The minimum atomic E-state index is 0.665. The molecule has 0 saturated heterocycles. The lowest BCUT2D eigenvalue weighted by Crippen LogP contribution is -1.95. The molecule has 1 N–H and O–H groups in total. The molecule has 102 valence electrons. The Bertz CT molecular complexity index is 837. The largest absolute Gasteiger partial charge is 0.353 e. The zero-order valence-corrected chi connectivity index (χ0v) is 12.3. The van der Waals surface area contributed by atoms with E-state index in [2.05, 4.69) is 16.4 Å². The molecular formula is C17H13N3S. The van der Waals surface area contributed by atoms with E-state index in [0.717, 1.165) is 27.2 Å². The van der Waals surface area contributed by atoms with Crippen LogP contribution in [0.4, 0.5) is 11.4 Å². The summed E-state index contributed by atoms with van der Waals surface area (Å²) < 4.78 is 0. The summed E-state index contributed by atoms with van der Waals surface area (Å²) >= 11 is 1.57. The Labute approximate surface area is 127 Å². The van der Waals surface area contributed by atoms with Crippen LogP contribution >= 0.6 is 11.8 Å². The Morgan fingerprint density at radius 1 is 1.14 bits per heavy atom. The van der Waals surface area contributed by atoms with Gasteiger partial charge >= 0.3 is 0 Å². The van der Waals surface area contributed by atoms with Gasteiger partial charge in [-0.25, -0.2) is 0 Å². The molecule has 0 bridgehead atoms. The number of anilines is 2. The number of nitriles is 1. The van der Waals surface area contributed by atoms with Crippen molar-refractivity contribution in [2.24, 2.45) is 0 Å². The number of rotatable bonds is 3. The van der Waals surface area contributed by atoms with E-state index in [-0.39, 0.29) is 0 Å². The van der Waals surface area contributed by atoms with Gasteiger partial charge in [0.05, 0.1) is 28.7 Å². The Kier molecular flexibility index (Phi) is 3.76. The Balaban J connectivity index is 2.01. The zero-order chi connectivity index (χ0) is 14.7. The highest BCUT2D eigenvalue weighted by atomic mass is 32.2. The van der Waals surface area contributed by atoms with Crippen molar-refractivity contribution in [3.63, 3.8) is 0 Å². The molecule has 0 saturated carbocycles. The highest BCUT2D eigenvalue weighted by Gasteiger charge is 2.08. The van der Waals surface area contributed by atoms with E-state index in [1.165, 1.54) is 0 Å². The molecule has 3 rings (SSSR count). The lowest BCUT2D eigenvalue weighted by molar-refractivity contribution is 1.34. The molecular weight excluding hydrogens is 278 g/mol. The standard InChI is InChI=1S/C17H13N3S/c1-21-17-8-4-7-16(14(17)10-18)20-13-9-12-5-2-3-6-15(12)19-11-13/h2-9,11,20H,1H3. The van der Waals surface area contributed by atoms with E-state index >= 15 is 0 Å².